The minimum absolute atomic E-state index is 0.346. The van der Waals surface area contributed by atoms with Crippen LogP contribution in [0.2, 0.25) is 5.15 Å². The Morgan fingerprint density at radius 2 is 2.27 bits per heavy atom. The highest BCUT2D eigenvalue weighted by atomic mass is 79.9. The molecule has 0 spiro atoms. The quantitative estimate of drug-likeness (QED) is 0.702. The number of rotatable bonds is 1. The van der Waals surface area contributed by atoms with Gasteiger partial charge in [0.25, 0.3) is 0 Å². The molecule has 3 aromatic rings. The molecule has 0 fully saturated rings. The van der Waals surface area contributed by atoms with Crippen molar-refractivity contribution in [3.63, 3.8) is 0 Å². The molecule has 3 heterocycles. The first-order valence-corrected chi connectivity index (χ1v) is 8.12. The van der Waals surface area contributed by atoms with Crippen LogP contribution in [0.3, 0.4) is 0 Å². The first kappa shape index (κ1) is 14.2. The highest BCUT2D eigenvalue weighted by Crippen LogP contribution is 2.41. The van der Waals surface area contributed by atoms with Gasteiger partial charge in [0.1, 0.15) is 10.1 Å². The average molecular weight is 383 g/mol. The van der Waals surface area contributed by atoms with Crippen molar-refractivity contribution < 1.29 is 5.11 Å². The van der Waals surface area contributed by atoms with Gasteiger partial charge >= 0.3 is 0 Å². The highest BCUT2D eigenvalue weighted by Gasteiger charge is 2.42. The van der Waals surface area contributed by atoms with Gasteiger partial charge in [-0.1, -0.05) is 11.6 Å². The molecule has 4 rings (SSSR count). The Hall–Kier alpha value is -1.44. The van der Waals surface area contributed by atoms with Crippen LogP contribution in [0.1, 0.15) is 29.9 Å². The lowest BCUT2D eigenvalue weighted by atomic mass is 9.82. The first-order chi connectivity index (χ1) is 10.5. The van der Waals surface area contributed by atoms with E-state index in [-0.39, 0.29) is 0 Å². The molecule has 0 saturated heterocycles. The van der Waals surface area contributed by atoms with Gasteiger partial charge in [0.2, 0.25) is 0 Å². The van der Waals surface area contributed by atoms with Crippen molar-refractivity contribution in [3.8, 4) is 0 Å². The van der Waals surface area contributed by atoms with Gasteiger partial charge in [-0.15, -0.1) is 0 Å². The van der Waals surface area contributed by atoms with Crippen LogP contribution in [0, 0.1) is 0 Å². The molecule has 1 N–H and O–H groups in total. The lowest BCUT2D eigenvalue weighted by molar-refractivity contribution is 0.0513. The number of fused-ring (bicyclic) bond motifs is 2. The summed E-state index contributed by atoms with van der Waals surface area (Å²) in [5.74, 6) is 0.535. The summed E-state index contributed by atoms with van der Waals surface area (Å²) in [5.41, 5.74) is 1.33. The smallest absolute Gasteiger partial charge is 0.155 e. The summed E-state index contributed by atoms with van der Waals surface area (Å²) in [6.45, 7) is 0. The van der Waals surface area contributed by atoms with Gasteiger partial charge in [-0.25, -0.2) is 9.97 Å². The summed E-state index contributed by atoms with van der Waals surface area (Å²) in [7, 11) is 1.89. The van der Waals surface area contributed by atoms with E-state index in [1.165, 1.54) is 0 Å². The molecule has 3 aromatic heterocycles. The zero-order valence-corrected chi connectivity index (χ0v) is 14.1. The molecule has 0 aromatic carbocycles. The Balaban J connectivity index is 2.02. The number of aromatic nitrogens is 5. The molecule has 6 nitrogen and oxygen atoms in total. The summed E-state index contributed by atoms with van der Waals surface area (Å²) in [6.07, 6.45) is 7.46. The number of hydrogen-bond acceptors (Lipinski definition) is 4. The van der Waals surface area contributed by atoms with Gasteiger partial charge < -0.3 is 5.11 Å². The molecule has 1 aliphatic carbocycles. The second-order valence-corrected chi connectivity index (χ2v) is 6.61. The summed E-state index contributed by atoms with van der Waals surface area (Å²) in [6, 6.07) is 0. The van der Waals surface area contributed by atoms with Crippen LogP contribution in [0.4, 0.5) is 0 Å². The van der Waals surface area contributed by atoms with E-state index in [2.05, 4.69) is 31.0 Å². The zero-order valence-electron chi connectivity index (χ0n) is 11.8. The van der Waals surface area contributed by atoms with Gasteiger partial charge in [0.15, 0.2) is 16.6 Å². The van der Waals surface area contributed by atoms with Gasteiger partial charge in [0.05, 0.1) is 6.20 Å². The third-order valence-electron chi connectivity index (χ3n) is 4.30. The van der Waals surface area contributed by atoms with Crippen LogP contribution < -0.4 is 0 Å². The fraction of sp³-hybridized carbons (Fsp3) is 0.357. The molecule has 0 radical (unpaired) electrons. The SMILES string of the molecule is Cn1ncc2c1CCCC2(O)c1nc(Br)c2c(Cl)nccn12. The maximum absolute atomic E-state index is 11.4. The van der Waals surface area contributed by atoms with Crippen LogP contribution in [-0.4, -0.2) is 29.3 Å². The van der Waals surface area contributed by atoms with Gasteiger partial charge in [0, 0.05) is 30.7 Å². The Morgan fingerprint density at radius 1 is 1.45 bits per heavy atom. The Kier molecular flexibility index (Phi) is 3.08. The monoisotopic (exact) mass is 381 g/mol. The second kappa shape index (κ2) is 4.78. The van der Waals surface area contributed by atoms with Crippen molar-refractivity contribution in [1.29, 1.82) is 0 Å². The average Bonchev–Trinajstić information content (AvgIpc) is 3.03. The molecule has 1 aliphatic rings. The van der Waals surface area contributed by atoms with Crippen molar-refractivity contribution >= 4 is 33.0 Å². The highest BCUT2D eigenvalue weighted by molar-refractivity contribution is 9.10. The summed E-state index contributed by atoms with van der Waals surface area (Å²) < 4.78 is 4.19. The number of aryl methyl sites for hydroxylation is 1. The molecule has 1 unspecified atom stereocenters. The van der Waals surface area contributed by atoms with Crippen molar-refractivity contribution in [2.24, 2.45) is 7.05 Å². The summed E-state index contributed by atoms with van der Waals surface area (Å²) in [5, 5.41) is 16.0. The second-order valence-electron chi connectivity index (χ2n) is 5.51. The van der Waals surface area contributed by atoms with E-state index in [0.29, 0.717) is 27.5 Å². The number of halogens is 2. The maximum atomic E-state index is 11.4. The molecular formula is C14H13BrClN5O. The van der Waals surface area contributed by atoms with Crippen molar-refractivity contribution in [2.45, 2.75) is 24.9 Å². The molecule has 114 valence electrons. The fourth-order valence-corrected chi connectivity index (χ4v) is 4.13. The molecule has 0 saturated carbocycles. The van der Waals surface area contributed by atoms with Crippen molar-refractivity contribution in [3.05, 3.63) is 45.4 Å². The van der Waals surface area contributed by atoms with Crippen LogP contribution in [-0.2, 0) is 19.1 Å². The Labute approximate surface area is 139 Å². The van der Waals surface area contributed by atoms with E-state index in [1.54, 1.807) is 23.0 Å². The van der Waals surface area contributed by atoms with Gasteiger partial charge in [-0.3, -0.25) is 9.08 Å². The number of imidazole rings is 1. The Morgan fingerprint density at radius 3 is 3.09 bits per heavy atom. The maximum Gasteiger partial charge on any atom is 0.155 e. The summed E-state index contributed by atoms with van der Waals surface area (Å²) >= 11 is 9.58. The fourth-order valence-electron chi connectivity index (χ4n) is 3.24. The topological polar surface area (TPSA) is 68.2 Å². The molecule has 1 atom stereocenters. The largest absolute Gasteiger partial charge is 0.377 e. The van der Waals surface area contributed by atoms with E-state index in [1.807, 2.05) is 11.7 Å². The third-order valence-corrected chi connectivity index (χ3v) is 5.13. The lowest BCUT2D eigenvalue weighted by Gasteiger charge is -2.31. The van der Waals surface area contributed by atoms with Crippen LogP contribution in [0.5, 0.6) is 0 Å². The standard InChI is InChI=1S/C14H13BrClN5O/c1-20-9-3-2-4-14(22,8(9)7-18-20)13-19-11(15)10-12(16)17-5-6-21(10)13/h5-7,22H,2-4H2,1H3. The van der Waals surface area contributed by atoms with E-state index >= 15 is 0 Å². The van der Waals surface area contributed by atoms with E-state index in [9.17, 15) is 5.11 Å². The number of nitrogens with zero attached hydrogens (tertiary/aromatic N) is 5. The van der Waals surface area contributed by atoms with Gasteiger partial charge in [-0.2, -0.15) is 5.10 Å². The van der Waals surface area contributed by atoms with Crippen LogP contribution in [0.25, 0.3) is 5.52 Å². The Bertz CT molecular complexity index is 889. The number of hydrogen-bond donors (Lipinski definition) is 1. The van der Waals surface area contributed by atoms with Crippen LogP contribution >= 0.6 is 27.5 Å². The third kappa shape index (κ3) is 1.79. The zero-order chi connectivity index (χ0) is 15.5. The van der Waals surface area contributed by atoms with Crippen LogP contribution in [0.15, 0.2) is 23.2 Å². The van der Waals surface area contributed by atoms with E-state index in [4.69, 9.17) is 11.6 Å². The molecule has 0 amide bonds. The summed E-state index contributed by atoms with van der Waals surface area (Å²) in [4.78, 5) is 8.60. The van der Waals surface area contributed by atoms with E-state index < -0.39 is 5.60 Å². The minimum Gasteiger partial charge on any atom is -0.377 e. The molecule has 0 bridgehead atoms. The van der Waals surface area contributed by atoms with Crippen molar-refractivity contribution in [1.82, 2.24) is 24.1 Å². The first-order valence-electron chi connectivity index (χ1n) is 6.94. The lowest BCUT2D eigenvalue weighted by Crippen LogP contribution is -2.34. The predicted molar refractivity (Wildman–Crippen MR) is 84.8 cm³/mol. The van der Waals surface area contributed by atoms with Crippen molar-refractivity contribution in [2.75, 3.05) is 0 Å². The molecule has 0 aliphatic heterocycles. The van der Waals surface area contributed by atoms with E-state index in [0.717, 1.165) is 24.1 Å². The number of aliphatic hydroxyl groups is 1. The molecular weight excluding hydrogens is 370 g/mol. The molecule has 8 heteroatoms. The minimum atomic E-state index is -1.18. The molecule has 22 heavy (non-hydrogen) atoms. The normalized spacial score (nSPS) is 21.3. The van der Waals surface area contributed by atoms with Gasteiger partial charge in [-0.05, 0) is 35.2 Å². The predicted octanol–water partition coefficient (Wildman–Crippen LogP) is 2.45.